The van der Waals surface area contributed by atoms with Crippen molar-refractivity contribution in [1.29, 1.82) is 0 Å². The van der Waals surface area contributed by atoms with Gasteiger partial charge in [0.25, 0.3) is 0 Å². The molecule has 4 nitrogen and oxygen atoms in total. The van der Waals surface area contributed by atoms with E-state index in [1.54, 1.807) is 7.11 Å². The van der Waals surface area contributed by atoms with E-state index in [2.05, 4.69) is 5.32 Å². The third-order valence-electron chi connectivity index (χ3n) is 2.94. The Morgan fingerprint density at radius 1 is 1.40 bits per heavy atom. The highest BCUT2D eigenvalue weighted by molar-refractivity contribution is 7.90. The van der Waals surface area contributed by atoms with Gasteiger partial charge in [-0.05, 0) is 24.7 Å². The topological polar surface area (TPSA) is 55.4 Å². The zero-order valence-corrected chi connectivity index (χ0v) is 10.4. The Labute approximate surface area is 92.3 Å². The number of sulfone groups is 1. The van der Waals surface area contributed by atoms with Crippen LogP contribution in [-0.2, 0) is 14.6 Å². The second-order valence-corrected chi connectivity index (χ2v) is 6.81. The maximum Gasteiger partial charge on any atom is 0.147 e. The van der Waals surface area contributed by atoms with Gasteiger partial charge in [-0.25, -0.2) is 8.42 Å². The van der Waals surface area contributed by atoms with Crippen LogP contribution in [0.25, 0.3) is 0 Å². The predicted molar refractivity (Wildman–Crippen MR) is 60.7 cm³/mol. The van der Waals surface area contributed by atoms with Gasteiger partial charge in [-0.2, -0.15) is 0 Å². The van der Waals surface area contributed by atoms with Gasteiger partial charge in [0, 0.05) is 26.5 Å². The summed E-state index contributed by atoms with van der Waals surface area (Å²) in [5.41, 5.74) is 0.261. The van der Waals surface area contributed by atoms with Crippen LogP contribution in [0.5, 0.6) is 0 Å². The highest BCUT2D eigenvalue weighted by Gasteiger charge is 2.42. The van der Waals surface area contributed by atoms with Crippen LogP contribution in [0.3, 0.4) is 0 Å². The van der Waals surface area contributed by atoms with E-state index in [0.717, 1.165) is 32.4 Å². The molecule has 0 radical (unpaired) electrons. The van der Waals surface area contributed by atoms with Gasteiger partial charge in [0.1, 0.15) is 9.84 Å². The van der Waals surface area contributed by atoms with Gasteiger partial charge in [-0.3, -0.25) is 0 Å². The van der Waals surface area contributed by atoms with E-state index in [9.17, 15) is 8.42 Å². The monoisotopic (exact) mass is 235 g/mol. The average Bonchev–Trinajstić information content (AvgIpc) is 2.90. The summed E-state index contributed by atoms with van der Waals surface area (Å²) in [5.74, 6) is 0.318. The molecule has 15 heavy (non-hydrogen) atoms. The summed E-state index contributed by atoms with van der Waals surface area (Å²) >= 11 is 0. The largest absolute Gasteiger partial charge is 0.383 e. The van der Waals surface area contributed by atoms with E-state index in [0.29, 0.717) is 12.4 Å². The molecule has 1 saturated carbocycles. The second kappa shape index (κ2) is 5.27. The first-order chi connectivity index (χ1) is 6.97. The van der Waals surface area contributed by atoms with E-state index >= 15 is 0 Å². The number of hydrogen-bond acceptors (Lipinski definition) is 4. The molecule has 1 fully saturated rings. The predicted octanol–water partition coefficient (Wildman–Crippen LogP) is 0.437. The van der Waals surface area contributed by atoms with Crippen LogP contribution in [0.2, 0.25) is 0 Å². The van der Waals surface area contributed by atoms with Gasteiger partial charge in [-0.15, -0.1) is 0 Å². The van der Waals surface area contributed by atoms with Crippen molar-refractivity contribution in [3.05, 3.63) is 0 Å². The molecule has 0 aromatic heterocycles. The number of rotatable bonds is 8. The normalized spacial score (nSPS) is 19.1. The van der Waals surface area contributed by atoms with Crippen LogP contribution < -0.4 is 5.32 Å². The van der Waals surface area contributed by atoms with Crippen molar-refractivity contribution < 1.29 is 13.2 Å². The summed E-state index contributed by atoms with van der Waals surface area (Å²) < 4.78 is 27.0. The Balaban J connectivity index is 2.16. The molecule has 0 atom stereocenters. The lowest BCUT2D eigenvalue weighted by Crippen LogP contribution is -2.28. The van der Waals surface area contributed by atoms with Crippen LogP contribution in [-0.4, -0.2) is 47.2 Å². The van der Waals surface area contributed by atoms with Crippen molar-refractivity contribution in [3.8, 4) is 0 Å². The zero-order chi connectivity index (χ0) is 11.4. The third kappa shape index (κ3) is 5.49. The molecule has 1 aliphatic rings. The van der Waals surface area contributed by atoms with Crippen molar-refractivity contribution in [2.75, 3.05) is 38.8 Å². The van der Waals surface area contributed by atoms with E-state index in [4.69, 9.17) is 4.74 Å². The molecular formula is C10H21NO3S. The number of ether oxygens (including phenoxy) is 1. The number of methoxy groups -OCH3 is 1. The van der Waals surface area contributed by atoms with Gasteiger partial charge in [-0.1, -0.05) is 0 Å². The van der Waals surface area contributed by atoms with Gasteiger partial charge >= 0.3 is 0 Å². The van der Waals surface area contributed by atoms with Gasteiger partial charge in [0.05, 0.1) is 12.4 Å². The van der Waals surface area contributed by atoms with Gasteiger partial charge < -0.3 is 10.1 Å². The molecule has 90 valence electrons. The fraction of sp³-hybridized carbons (Fsp3) is 1.00. The Morgan fingerprint density at radius 2 is 2.07 bits per heavy atom. The van der Waals surface area contributed by atoms with E-state index in [1.807, 2.05) is 0 Å². The van der Waals surface area contributed by atoms with E-state index < -0.39 is 9.84 Å². The Kier molecular flexibility index (Phi) is 4.55. The molecular weight excluding hydrogens is 214 g/mol. The molecule has 5 heteroatoms. The highest BCUT2D eigenvalue weighted by Crippen LogP contribution is 2.48. The second-order valence-electron chi connectivity index (χ2n) is 4.55. The van der Waals surface area contributed by atoms with Crippen LogP contribution in [0.1, 0.15) is 19.3 Å². The van der Waals surface area contributed by atoms with Crippen LogP contribution in [0.4, 0.5) is 0 Å². The lowest BCUT2D eigenvalue weighted by molar-refractivity contribution is 0.197. The minimum absolute atomic E-state index is 0.261. The summed E-state index contributed by atoms with van der Waals surface area (Å²) in [7, 11) is -1.13. The van der Waals surface area contributed by atoms with Crippen molar-refractivity contribution in [2.24, 2.45) is 5.41 Å². The molecule has 0 heterocycles. The SMILES string of the molecule is COCCNCC1(CCS(C)(=O)=O)CC1. The molecule has 0 aromatic carbocycles. The zero-order valence-electron chi connectivity index (χ0n) is 9.58. The lowest BCUT2D eigenvalue weighted by Gasteiger charge is -2.15. The molecule has 0 aromatic rings. The molecule has 0 unspecified atom stereocenters. The van der Waals surface area contributed by atoms with Crippen LogP contribution >= 0.6 is 0 Å². The molecule has 0 bridgehead atoms. The van der Waals surface area contributed by atoms with Crippen molar-refractivity contribution in [1.82, 2.24) is 5.32 Å². The minimum Gasteiger partial charge on any atom is -0.383 e. The Hall–Kier alpha value is -0.130. The number of hydrogen-bond donors (Lipinski definition) is 1. The summed E-state index contributed by atoms with van der Waals surface area (Å²) in [4.78, 5) is 0. The van der Waals surface area contributed by atoms with Crippen LogP contribution in [0.15, 0.2) is 0 Å². The van der Waals surface area contributed by atoms with E-state index in [-0.39, 0.29) is 5.41 Å². The quantitative estimate of drug-likeness (QED) is 0.620. The first kappa shape index (κ1) is 12.9. The average molecular weight is 235 g/mol. The van der Waals surface area contributed by atoms with Crippen molar-refractivity contribution >= 4 is 9.84 Å². The van der Waals surface area contributed by atoms with Gasteiger partial charge in [0.2, 0.25) is 0 Å². The Bertz CT molecular complexity index is 283. The molecule has 0 amide bonds. The molecule has 0 saturated heterocycles. The summed E-state index contributed by atoms with van der Waals surface area (Å²) in [6.45, 7) is 2.48. The summed E-state index contributed by atoms with van der Waals surface area (Å²) in [5, 5.41) is 3.31. The highest BCUT2D eigenvalue weighted by atomic mass is 32.2. The van der Waals surface area contributed by atoms with Crippen molar-refractivity contribution in [2.45, 2.75) is 19.3 Å². The van der Waals surface area contributed by atoms with E-state index in [1.165, 1.54) is 6.26 Å². The minimum atomic E-state index is -2.81. The first-order valence-corrected chi connectivity index (χ1v) is 7.41. The standard InChI is InChI=1S/C10H21NO3S/c1-14-7-6-11-9-10(3-4-10)5-8-15(2,12)13/h11H,3-9H2,1-2H3. The molecule has 1 aliphatic carbocycles. The molecule has 1 rings (SSSR count). The molecule has 1 N–H and O–H groups in total. The van der Waals surface area contributed by atoms with Crippen LogP contribution in [0, 0.1) is 5.41 Å². The number of nitrogens with one attached hydrogen (secondary N) is 1. The van der Waals surface area contributed by atoms with Crippen molar-refractivity contribution in [3.63, 3.8) is 0 Å². The molecule has 0 spiro atoms. The Morgan fingerprint density at radius 3 is 2.53 bits per heavy atom. The van der Waals surface area contributed by atoms with Gasteiger partial charge in [0.15, 0.2) is 0 Å². The maximum atomic E-state index is 11.0. The smallest absolute Gasteiger partial charge is 0.147 e. The third-order valence-corrected chi connectivity index (χ3v) is 3.89. The maximum absolute atomic E-state index is 11.0. The molecule has 0 aliphatic heterocycles. The lowest BCUT2D eigenvalue weighted by atomic mass is 10.0. The summed E-state index contributed by atoms with van der Waals surface area (Å²) in [6.07, 6.45) is 4.41. The fourth-order valence-electron chi connectivity index (χ4n) is 1.62. The first-order valence-electron chi connectivity index (χ1n) is 5.35. The fourth-order valence-corrected chi connectivity index (χ4v) is 2.43. The summed E-state index contributed by atoms with van der Waals surface area (Å²) in [6, 6.07) is 0.